The number of aliphatic hydroxyl groups excluding tert-OH is 1. The predicted molar refractivity (Wildman–Crippen MR) is 197 cm³/mol. The van der Waals surface area contributed by atoms with Crippen molar-refractivity contribution in [2.75, 3.05) is 19.8 Å². The third-order valence-corrected chi connectivity index (χ3v) is 8.84. The fourth-order valence-electron chi connectivity index (χ4n) is 6.77. The SMILES string of the molecule is CC(=O)OC[C@H]1O[C@@H](O[C@H]2[C@H](OC(C)=O)[C@@H](OC(C)=O)[C@@H](O[C@H]3[C@H](OC(C)=O)[C@@H](OC(C)=O)[C@@H](O)O[C@@H]3COC(C)=O)O[C@@H]2COC(C)=O)[C@H](OC(C)=O)[C@@H](OC(C)=O)[C@H]1OC(C)=O. The van der Waals surface area contributed by atoms with Crippen LogP contribution in [0.25, 0.3) is 0 Å². The average molecular weight is 925 g/mol. The van der Waals surface area contributed by atoms with Crippen LogP contribution in [0, 0.1) is 0 Å². The Hall–Kier alpha value is -5.54. The van der Waals surface area contributed by atoms with Crippen LogP contribution in [0.2, 0.25) is 0 Å². The van der Waals surface area contributed by atoms with Gasteiger partial charge in [-0.25, -0.2) is 0 Å². The number of ether oxygens (including phenoxy) is 15. The van der Waals surface area contributed by atoms with Gasteiger partial charge < -0.3 is 76.2 Å². The lowest BCUT2D eigenvalue weighted by atomic mass is 9.95. The van der Waals surface area contributed by atoms with Crippen molar-refractivity contribution in [3.05, 3.63) is 0 Å². The Morgan fingerprint density at radius 1 is 0.328 bits per heavy atom. The van der Waals surface area contributed by atoms with Crippen molar-refractivity contribution in [1.82, 2.24) is 0 Å². The van der Waals surface area contributed by atoms with Gasteiger partial charge in [-0.05, 0) is 0 Å². The lowest BCUT2D eigenvalue weighted by molar-refractivity contribution is -0.378. The van der Waals surface area contributed by atoms with Crippen LogP contribution in [-0.4, -0.2) is 177 Å². The fraction of sp³-hybridized carbons (Fsp3) is 0.737. The zero-order valence-electron chi connectivity index (χ0n) is 36.4. The Morgan fingerprint density at radius 3 is 0.906 bits per heavy atom. The van der Waals surface area contributed by atoms with Gasteiger partial charge >= 0.3 is 59.7 Å². The van der Waals surface area contributed by atoms with E-state index in [1.165, 1.54) is 0 Å². The van der Waals surface area contributed by atoms with Gasteiger partial charge in [-0.2, -0.15) is 0 Å². The van der Waals surface area contributed by atoms with Gasteiger partial charge in [0, 0.05) is 69.2 Å². The molecule has 0 unspecified atom stereocenters. The smallest absolute Gasteiger partial charge is 0.303 e. The molecule has 0 bridgehead atoms. The highest BCUT2D eigenvalue weighted by Crippen LogP contribution is 2.38. The third kappa shape index (κ3) is 15.6. The lowest BCUT2D eigenvalue weighted by Crippen LogP contribution is -2.68. The van der Waals surface area contributed by atoms with Crippen molar-refractivity contribution >= 4 is 59.7 Å². The minimum atomic E-state index is -2.02. The summed E-state index contributed by atoms with van der Waals surface area (Å²) in [4.78, 5) is 124. The third-order valence-electron chi connectivity index (χ3n) is 8.84. The van der Waals surface area contributed by atoms with Crippen LogP contribution in [0.15, 0.2) is 0 Å². The number of carbonyl (C=O) groups excluding carboxylic acids is 10. The zero-order chi connectivity index (χ0) is 48.2. The monoisotopic (exact) mass is 924 g/mol. The first-order valence-electron chi connectivity index (χ1n) is 19.4. The van der Waals surface area contributed by atoms with Crippen molar-refractivity contribution in [3.8, 4) is 0 Å². The predicted octanol–water partition coefficient (Wildman–Crippen LogP) is -1.86. The Labute approximate surface area is 364 Å². The standard InChI is InChI=1S/C38H52O26/c1-14(39)50-11-24-28(30(54-18(5)43)33(36(49)60-24)57-21(8)46)63-38-35(59-23(10)48)32(56-20(7)45)29(26(62-38)13-52-16(3)41)64-37-34(58-22(9)47)31(55-19(6)44)27(53-17(4)42)25(61-37)12-51-15(2)40/h24-38,49H,11-13H2,1-10H3/t24-,25-,26-,27+,28-,29-,30+,31+,32+,33-,34-,35-,36+,37+,38-/m1/s1. The van der Waals surface area contributed by atoms with Crippen molar-refractivity contribution in [2.24, 2.45) is 0 Å². The van der Waals surface area contributed by atoms with E-state index in [4.69, 9.17) is 71.1 Å². The van der Waals surface area contributed by atoms with Gasteiger partial charge in [0.25, 0.3) is 0 Å². The molecule has 3 rings (SSSR count). The van der Waals surface area contributed by atoms with Gasteiger partial charge in [0.15, 0.2) is 61.6 Å². The highest BCUT2D eigenvalue weighted by Gasteiger charge is 2.59. The molecule has 0 radical (unpaired) electrons. The van der Waals surface area contributed by atoms with Crippen molar-refractivity contribution in [2.45, 2.75) is 161 Å². The van der Waals surface area contributed by atoms with Crippen LogP contribution < -0.4 is 0 Å². The summed E-state index contributed by atoms with van der Waals surface area (Å²) in [5.74, 6) is -9.61. The summed E-state index contributed by atoms with van der Waals surface area (Å²) in [6.07, 6.45) is -27.2. The number of esters is 10. The molecule has 0 aromatic heterocycles. The summed E-state index contributed by atoms with van der Waals surface area (Å²) in [6.45, 7) is 7.65. The van der Waals surface area contributed by atoms with Gasteiger partial charge in [-0.1, -0.05) is 0 Å². The van der Waals surface area contributed by atoms with E-state index >= 15 is 0 Å². The molecule has 3 fully saturated rings. The number of aliphatic hydroxyl groups is 1. The van der Waals surface area contributed by atoms with E-state index in [9.17, 15) is 53.1 Å². The summed E-state index contributed by atoms with van der Waals surface area (Å²) in [5, 5.41) is 10.9. The van der Waals surface area contributed by atoms with Gasteiger partial charge in [-0.15, -0.1) is 0 Å². The van der Waals surface area contributed by atoms with Crippen molar-refractivity contribution < 1.29 is 124 Å². The highest BCUT2D eigenvalue weighted by molar-refractivity contribution is 5.70. The first-order chi connectivity index (χ1) is 29.9. The molecule has 3 heterocycles. The maximum absolute atomic E-state index is 12.9. The molecule has 26 nitrogen and oxygen atoms in total. The van der Waals surface area contributed by atoms with E-state index in [0.29, 0.717) is 0 Å². The molecule has 15 atom stereocenters. The Kier molecular flexibility index (Phi) is 19.8. The van der Waals surface area contributed by atoms with E-state index in [1.807, 2.05) is 0 Å². The minimum absolute atomic E-state index is 0.681. The number of hydrogen-bond donors (Lipinski definition) is 1. The molecule has 360 valence electrons. The molecular formula is C38H52O26. The largest absolute Gasteiger partial charge is 0.463 e. The number of rotatable bonds is 17. The normalized spacial score (nSPS) is 32.3. The summed E-state index contributed by atoms with van der Waals surface area (Å²) in [6, 6.07) is 0. The second-order valence-corrected chi connectivity index (χ2v) is 14.3. The van der Waals surface area contributed by atoms with Crippen LogP contribution >= 0.6 is 0 Å². The van der Waals surface area contributed by atoms with Crippen molar-refractivity contribution in [3.63, 3.8) is 0 Å². The maximum Gasteiger partial charge on any atom is 0.303 e. The number of hydrogen-bond acceptors (Lipinski definition) is 26. The molecule has 0 aliphatic carbocycles. The second-order valence-electron chi connectivity index (χ2n) is 14.3. The molecule has 0 saturated carbocycles. The molecule has 64 heavy (non-hydrogen) atoms. The number of carbonyl (C=O) groups is 10. The van der Waals surface area contributed by atoms with Gasteiger partial charge in [0.05, 0.1) is 0 Å². The summed E-state index contributed by atoms with van der Waals surface area (Å²) in [7, 11) is 0. The van der Waals surface area contributed by atoms with Crippen LogP contribution in [0.3, 0.4) is 0 Å². The van der Waals surface area contributed by atoms with Gasteiger partial charge in [0.2, 0.25) is 0 Å². The van der Waals surface area contributed by atoms with Crippen molar-refractivity contribution in [1.29, 1.82) is 0 Å². The van der Waals surface area contributed by atoms with E-state index < -0.39 is 172 Å². The van der Waals surface area contributed by atoms with E-state index in [-0.39, 0.29) is 0 Å². The van der Waals surface area contributed by atoms with Gasteiger partial charge in [0.1, 0.15) is 50.3 Å². The summed E-state index contributed by atoms with van der Waals surface area (Å²) < 4.78 is 84.2. The topological polar surface area (TPSA) is 329 Å². The summed E-state index contributed by atoms with van der Waals surface area (Å²) >= 11 is 0. The molecule has 26 heteroatoms. The first kappa shape index (κ1) is 52.8. The first-order valence-corrected chi connectivity index (χ1v) is 19.4. The van der Waals surface area contributed by atoms with E-state index in [2.05, 4.69) is 0 Å². The lowest BCUT2D eigenvalue weighted by Gasteiger charge is -2.50. The Balaban J connectivity index is 2.28. The molecule has 0 amide bonds. The maximum atomic E-state index is 12.9. The molecule has 0 aromatic carbocycles. The van der Waals surface area contributed by atoms with E-state index in [1.54, 1.807) is 0 Å². The zero-order valence-corrected chi connectivity index (χ0v) is 36.4. The average Bonchev–Trinajstić information content (AvgIpc) is 3.15. The molecule has 0 aromatic rings. The Morgan fingerprint density at radius 2 is 0.578 bits per heavy atom. The molecule has 1 N–H and O–H groups in total. The molecule has 3 aliphatic heterocycles. The minimum Gasteiger partial charge on any atom is -0.463 e. The quantitative estimate of drug-likeness (QED) is 0.123. The van der Waals surface area contributed by atoms with Crippen LogP contribution in [-0.2, 0) is 119 Å². The van der Waals surface area contributed by atoms with Crippen LogP contribution in [0.4, 0.5) is 0 Å². The Bertz CT molecular complexity index is 1730. The fourth-order valence-corrected chi connectivity index (χ4v) is 6.77. The van der Waals surface area contributed by atoms with Gasteiger partial charge in [-0.3, -0.25) is 47.9 Å². The van der Waals surface area contributed by atoms with Crippen LogP contribution in [0.1, 0.15) is 69.2 Å². The molecule has 0 spiro atoms. The molecule has 3 saturated heterocycles. The molecular weight excluding hydrogens is 872 g/mol. The second kappa shape index (κ2) is 23.9. The van der Waals surface area contributed by atoms with E-state index in [0.717, 1.165) is 69.2 Å². The molecule has 3 aliphatic rings. The van der Waals surface area contributed by atoms with Crippen LogP contribution in [0.5, 0.6) is 0 Å². The summed E-state index contributed by atoms with van der Waals surface area (Å²) in [5.41, 5.74) is 0. The highest BCUT2D eigenvalue weighted by atomic mass is 16.8.